The zero-order valence-corrected chi connectivity index (χ0v) is 26.9. The zero-order chi connectivity index (χ0) is 28.9. The van der Waals surface area contributed by atoms with Crippen LogP contribution in [-0.2, 0) is 25.3 Å². The van der Waals surface area contributed by atoms with Crippen LogP contribution < -0.4 is 5.32 Å². The van der Waals surface area contributed by atoms with E-state index in [9.17, 15) is 9.59 Å². The van der Waals surface area contributed by atoms with Crippen molar-refractivity contribution >= 4 is 20.2 Å². The number of nitrogens with zero attached hydrogens (tertiary/aromatic N) is 1. The number of carbonyl (C=O) groups is 2. The summed E-state index contributed by atoms with van der Waals surface area (Å²) in [4.78, 5) is 27.8. The molecule has 1 aliphatic heterocycles. The van der Waals surface area contributed by atoms with Crippen molar-refractivity contribution in [2.75, 3.05) is 6.61 Å². The first kappa shape index (κ1) is 32.5. The first-order chi connectivity index (χ1) is 17.4. The third-order valence-electron chi connectivity index (χ3n) is 8.45. The van der Waals surface area contributed by atoms with E-state index in [1.54, 1.807) is 6.92 Å². The molecule has 1 aromatic carbocycles. The first-order valence-electron chi connectivity index (χ1n) is 14.4. The molecule has 1 amide bonds. The van der Waals surface area contributed by atoms with Crippen LogP contribution in [0.15, 0.2) is 30.3 Å². The molecule has 7 heteroatoms. The maximum Gasteiger partial charge on any atom is 0.323 e. The second kappa shape index (κ2) is 13.1. The average Bonchev–Trinajstić information content (AvgIpc) is 3.11. The fourth-order valence-electron chi connectivity index (χ4n) is 5.22. The fraction of sp³-hybridized carbons (Fsp3) is 0.742. The molecule has 0 bridgehead atoms. The molecule has 1 fully saturated rings. The minimum absolute atomic E-state index is 0.00652. The Bertz CT molecular complexity index is 907. The molecular formula is C31H54N2O4Si. The summed E-state index contributed by atoms with van der Waals surface area (Å²) in [6.07, 6.45) is 2.55. The van der Waals surface area contributed by atoms with Crippen molar-refractivity contribution in [2.45, 2.75) is 130 Å². The van der Waals surface area contributed by atoms with Gasteiger partial charge < -0.3 is 14.5 Å². The van der Waals surface area contributed by atoms with E-state index in [4.69, 9.17) is 9.16 Å². The lowest BCUT2D eigenvalue weighted by Gasteiger charge is -2.39. The Hall–Kier alpha value is -1.70. The number of amides is 1. The van der Waals surface area contributed by atoms with Crippen LogP contribution in [0.3, 0.4) is 0 Å². The van der Waals surface area contributed by atoms with E-state index in [1.165, 1.54) is 5.56 Å². The van der Waals surface area contributed by atoms with Crippen molar-refractivity contribution in [3.05, 3.63) is 35.9 Å². The quantitative estimate of drug-likeness (QED) is 0.252. The van der Waals surface area contributed by atoms with Crippen molar-refractivity contribution in [1.82, 2.24) is 10.2 Å². The van der Waals surface area contributed by atoms with Gasteiger partial charge in [0.1, 0.15) is 11.6 Å². The number of likely N-dealkylation sites (tertiary alicyclic amines) is 1. The summed E-state index contributed by atoms with van der Waals surface area (Å²) < 4.78 is 12.7. The van der Waals surface area contributed by atoms with Gasteiger partial charge in [0.25, 0.3) is 0 Å². The van der Waals surface area contributed by atoms with Crippen molar-refractivity contribution in [2.24, 2.45) is 11.8 Å². The monoisotopic (exact) mass is 546 g/mol. The first-order valence-corrected chi connectivity index (χ1v) is 17.3. The minimum Gasteiger partial charge on any atom is -0.459 e. The summed E-state index contributed by atoms with van der Waals surface area (Å²) in [6, 6.07) is 10.2. The highest BCUT2D eigenvalue weighted by molar-refractivity contribution is 6.74. The van der Waals surface area contributed by atoms with Crippen molar-refractivity contribution < 1.29 is 18.8 Å². The molecule has 0 radical (unpaired) electrons. The third kappa shape index (κ3) is 9.20. The van der Waals surface area contributed by atoms with E-state index < -0.39 is 13.9 Å². The second-order valence-corrected chi connectivity index (χ2v) is 18.5. The van der Waals surface area contributed by atoms with E-state index in [1.807, 2.05) is 26.8 Å². The van der Waals surface area contributed by atoms with Gasteiger partial charge in [-0.05, 0) is 76.1 Å². The molecule has 216 valence electrons. The number of esters is 1. The van der Waals surface area contributed by atoms with E-state index >= 15 is 0 Å². The second-order valence-electron chi connectivity index (χ2n) is 13.7. The molecule has 0 spiro atoms. The van der Waals surface area contributed by atoms with Crippen LogP contribution in [0, 0.1) is 11.8 Å². The van der Waals surface area contributed by atoms with Crippen LogP contribution in [0.1, 0.15) is 87.1 Å². The topological polar surface area (TPSA) is 67.9 Å². The van der Waals surface area contributed by atoms with E-state index in [0.29, 0.717) is 19.6 Å². The Morgan fingerprint density at radius 3 is 2.21 bits per heavy atom. The molecule has 5 atom stereocenters. The van der Waals surface area contributed by atoms with E-state index in [0.717, 1.165) is 12.8 Å². The van der Waals surface area contributed by atoms with Crippen LogP contribution in [-0.4, -0.2) is 55.4 Å². The summed E-state index contributed by atoms with van der Waals surface area (Å²) in [5.41, 5.74) is 0.632. The van der Waals surface area contributed by atoms with Gasteiger partial charge in [-0.25, -0.2) is 0 Å². The van der Waals surface area contributed by atoms with Gasteiger partial charge in [-0.1, -0.05) is 64.4 Å². The Morgan fingerprint density at radius 1 is 1.11 bits per heavy atom. The summed E-state index contributed by atoms with van der Waals surface area (Å²) in [5.74, 6) is 0.322. The fourth-order valence-corrected chi connectivity index (χ4v) is 6.28. The highest BCUT2D eigenvalue weighted by atomic mass is 28.4. The predicted molar refractivity (Wildman–Crippen MR) is 158 cm³/mol. The number of hydrogen-bond donors (Lipinski definition) is 1. The van der Waals surface area contributed by atoms with Gasteiger partial charge in [0.15, 0.2) is 8.32 Å². The van der Waals surface area contributed by atoms with Crippen molar-refractivity contribution in [3.8, 4) is 0 Å². The van der Waals surface area contributed by atoms with E-state index in [2.05, 4.69) is 82.2 Å². The largest absolute Gasteiger partial charge is 0.459 e. The number of carbonyl (C=O) groups excluding carboxylic acids is 2. The van der Waals surface area contributed by atoms with Gasteiger partial charge in [0.2, 0.25) is 5.91 Å². The molecule has 1 saturated heterocycles. The summed E-state index contributed by atoms with van der Waals surface area (Å²) in [5, 5.41) is 3.23. The summed E-state index contributed by atoms with van der Waals surface area (Å²) in [6.45, 7) is 24.3. The van der Waals surface area contributed by atoms with Gasteiger partial charge in [-0.3, -0.25) is 14.5 Å². The molecule has 1 N–H and O–H groups in total. The zero-order valence-electron chi connectivity index (χ0n) is 25.9. The standard InChI is InChI=1S/C31H54N2O4Si/c1-12-25(22(2)32-23(3)34)18-27-26(21-36-38(10,11)31(7,8)9)19-28(29(35)37-30(4,5)6)33(27)20-24-16-14-13-15-17-24/h13-17,22,25-28H,12,18-21H2,1-11H3,(H,32,34)/t22?,25?,26-,27+,28+/m0/s1. The third-order valence-corrected chi connectivity index (χ3v) is 13.0. The molecule has 0 saturated carbocycles. The number of hydrogen-bond acceptors (Lipinski definition) is 5. The lowest BCUT2D eigenvalue weighted by atomic mass is 9.86. The highest BCUT2D eigenvalue weighted by Gasteiger charge is 2.48. The molecule has 0 aliphatic carbocycles. The van der Waals surface area contributed by atoms with Gasteiger partial charge in [-0.15, -0.1) is 0 Å². The number of rotatable bonds is 11. The molecule has 1 aliphatic rings. The van der Waals surface area contributed by atoms with Crippen LogP contribution in [0.5, 0.6) is 0 Å². The Morgan fingerprint density at radius 2 is 1.71 bits per heavy atom. The molecular weight excluding hydrogens is 492 g/mol. The van der Waals surface area contributed by atoms with Crippen LogP contribution >= 0.6 is 0 Å². The van der Waals surface area contributed by atoms with Crippen molar-refractivity contribution in [1.29, 1.82) is 0 Å². The summed E-state index contributed by atoms with van der Waals surface area (Å²) in [7, 11) is -1.97. The van der Waals surface area contributed by atoms with Crippen LogP contribution in [0.25, 0.3) is 0 Å². The maximum absolute atomic E-state index is 13.6. The van der Waals surface area contributed by atoms with Gasteiger partial charge in [0.05, 0.1) is 0 Å². The molecule has 6 nitrogen and oxygen atoms in total. The van der Waals surface area contributed by atoms with E-state index in [-0.39, 0.29) is 46.9 Å². The molecule has 1 aromatic rings. The Labute approximate surface area is 233 Å². The molecule has 2 unspecified atom stereocenters. The molecule has 1 heterocycles. The van der Waals surface area contributed by atoms with Gasteiger partial charge in [0, 0.05) is 32.2 Å². The van der Waals surface area contributed by atoms with Crippen LogP contribution in [0.4, 0.5) is 0 Å². The minimum atomic E-state index is -1.97. The molecule has 2 rings (SSSR count). The maximum atomic E-state index is 13.6. The lowest BCUT2D eigenvalue weighted by Crippen LogP contribution is -2.47. The Kier molecular flexibility index (Phi) is 11.2. The number of benzene rings is 1. The summed E-state index contributed by atoms with van der Waals surface area (Å²) >= 11 is 0. The lowest BCUT2D eigenvalue weighted by molar-refractivity contribution is -0.161. The number of ether oxygens (including phenoxy) is 1. The number of nitrogens with one attached hydrogen (secondary N) is 1. The van der Waals surface area contributed by atoms with Gasteiger partial charge in [-0.2, -0.15) is 0 Å². The van der Waals surface area contributed by atoms with Crippen LogP contribution in [0.2, 0.25) is 18.1 Å². The Balaban J connectivity index is 2.46. The SMILES string of the molecule is CCC(C[C@@H]1[C@H](CO[Si](C)(C)C(C)(C)C)C[C@H](C(=O)OC(C)(C)C)N1Cc1ccccc1)C(C)NC(C)=O. The average molecular weight is 547 g/mol. The normalized spacial score (nSPS) is 22.7. The van der Waals surface area contributed by atoms with Gasteiger partial charge >= 0.3 is 5.97 Å². The van der Waals surface area contributed by atoms with Crippen molar-refractivity contribution in [3.63, 3.8) is 0 Å². The smallest absolute Gasteiger partial charge is 0.323 e. The highest BCUT2D eigenvalue weighted by Crippen LogP contribution is 2.41. The molecule has 38 heavy (non-hydrogen) atoms. The predicted octanol–water partition coefficient (Wildman–Crippen LogP) is 6.55. The molecule has 0 aromatic heterocycles.